The van der Waals surface area contributed by atoms with Gasteiger partial charge in [0, 0.05) is 19.7 Å². The first-order valence-corrected chi connectivity index (χ1v) is 4.60. The van der Waals surface area contributed by atoms with E-state index in [1.54, 1.807) is 11.8 Å². The van der Waals surface area contributed by atoms with E-state index >= 15 is 0 Å². The van der Waals surface area contributed by atoms with Crippen LogP contribution in [-0.2, 0) is 0 Å². The third kappa shape index (κ3) is 2.85. The summed E-state index contributed by atoms with van der Waals surface area (Å²) in [6, 6.07) is 0. The molecule has 0 saturated carbocycles. The first-order chi connectivity index (χ1) is 5.17. The van der Waals surface area contributed by atoms with Crippen LogP contribution in [0.25, 0.3) is 0 Å². The Hall–Kier alpha value is -0.630. The summed E-state index contributed by atoms with van der Waals surface area (Å²) in [6.45, 7) is 7.43. The van der Waals surface area contributed by atoms with E-state index < -0.39 is 0 Å². The normalized spacial score (nSPS) is 8.64. The zero-order chi connectivity index (χ0) is 8.85. The van der Waals surface area contributed by atoms with Crippen molar-refractivity contribution in [3.8, 4) is 0 Å². The van der Waals surface area contributed by atoms with Crippen LogP contribution in [0.1, 0.15) is 0 Å². The molecule has 1 nitrogen and oxygen atoms in total. The molecule has 0 fully saturated rings. The fourth-order valence-corrected chi connectivity index (χ4v) is 1.58. The van der Waals surface area contributed by atoms with Crippen molar-refractivity contribution in [3.63, 3.8) is 0 Å². The van der Waals surface area contributed by atoms with Crippen LogP contribution in [0.3, 0.4) is 0 Å². The van der Waals surface area contributed by atoms with E-state index in [9.17, 15) is 0 Å². The van der Waals surface area contributed by atoms with Gasteiger partial charge in [-0.3, -0.25) is 0 Å². The van der Waals surface area contributed by atoms with Crippen LogP contribution < -0.4 is 0 Å². The van der Waals surface area contributed by atoms with Crippen molar-refractivity contribution in [2.24, 2.45) is 0 Å². The Morgan fingerprint density at radius 2 is 1.73 bits per heavy atom. The number of hydrogen-bond donors (Lipinski definition) is 0. The van der Waals surface area contributed by atoms with Crippen LogP contribution in [-0.4, -0.2) is 25.3 Å². The highest BCUT2D eigenvalue weighted by Gasteiger charge is 2.00. The van der Waals surface area contributed by atoms with Crippen molar-refractivity contribution in [1.29, 1.82) is 0 Å². The summed E-state index contributed by atoms with van der Waals surface area (Å²) in [5.41, 5.74) is 1.09. The van der Waals surface area contributed by atoms with Gasteiger partial charge in [-0.25, -0.2) is 0 Å². The minimum Gasteiger partial charge on any atom is -0.372 e. The van der Waals surface area contributed by atoms with Gasteiger partial charge in [-0.05, 0) is 6.26 Å². The van der Waals surface area contributed by atoms with Crippen LogP contribution >= 0.6 is 11.8 Å². The molecular formula is C9H15NS. The molecule has 0 aliphatic rings. The van der Waals surface area contributed by atoms with E-state index in [0.717, 1.165) is 5.57 Å². The monoisotopic (exact) mass is 169 g/mol. The molecule has 0 aromatic carbocycles. The average molecular weight is 169 g/mol. The molecule has 0 aliphatic carbocycles. The Kier molecular flexibility index (Phi) is 4.79. The standard InChI is InChI=1S/C9H15NS/c1-6-8(7-2)9(11-5)10(3)4/h6-7H,1-2H2,3-5H3. The highest BCUT2D eigenvalue weighted by molar-refractivity contribution is 8.02. The summed E-state index contributed by atoms with van der Waals surface area (Å²) >= 11 is 1.70. The fraction of sp³-hybridized carbons (Fsp3) is 0.333. The lowest BCUT2D eigenvalue weighted by molar-refractivity contribution is 0.548. The largest absolute Gasteiger partial charge is 0.372 e. The lowest BCUT2D eigenvalue weighted by Crippen LogP contribution is -2.09. The SMILES string of the molecule is C=CC(C=C)=C(SC)N(C)C. The average Bonchev–Trinajstić information content (AvgIpc) is 1.99. The Labute approximate surface area is 73.5 Å². The second-order valence-corrected chi connectivity index (χ2v) is 3.06. The molecule has 0 amide bonds. The highest BCUT2D eigenvalue weighted by atomic mass is 32.2. The number of allylic oxidation sites excluding steroid dienone is 3. The maximum Gasteiger partial charge on any atom is 0.0772 e. The molecule has 11 heavy (non-hydrogen) atoms. The van der Waals surface area contributed by atoms with Crippen LogP contribution in [0.2, 0.25) is 0 Å². The van der Waals surface area contributed by atoms with Crippen molar-refractivity contribution >= 4 is 11.8 Å². The molecule has 0 saturated heterocycles. The van der Waals surface area contributed by atoms with Gasteiger partial charge in [-0.1, -0.05) is 25.3 Å². The van der Waals surface area contributed by atoms with E-state index in [1.807, 2.05) is 32.5 Å². The number of thioether (sulfide) groups is 1. The summed E-state index contributed by atoms with van der Waals surface area (Å²) in [5, 5.41) is 1.19. The number of nitrogens with zero attached hydrogens (tertiary/aromatic N) is 1. The van der Waals surface area contributed by atoms with E-state index in [1.165, 1.54) is 5.03 Å². The lowest BCUT2D eigenvalue weighted by Gasteiger charge is -2.16. The third-order valence-corrected chi connectivity index (χ3v) is 2.27. The van der Waals surface area contributed by atoms with Gasteiger partial charge in [0.1, 0.15) is 0 Å². The molecule has 0 rings (SSSR count). The topological polar surface area (TPSA) is 3.24 Å². The van der Waals surface area contributed by atoms with E-state index in [0.29, 0.717) is 0 Å². The van der Waals surface area contributed by atoms with Gasteiger partial charge in [0.15, 0.2) is 0 Å². The molecule has 0 radical (unpaired) electrons. The lowest BCUT2D eigenvalue weighted by atomic mass is 10.3. The van der Waals surface area contributed by atoms with E-state index in [4.69, 9.17) is 0 Å². The molecule has 0 atom stereocenters. The summed E-state index contributed by atoms with van der Waals surface area (Å²) in [5.74, 6) is 0. The Morgan fingerprint density at radius 3 is 1.82 bits per heavy atom. The first-order valence-electron chi connectivity index (χ1n) is 3.37. The smallest absolute Gasteiger partial charge is 0.0772 e. The van der Waals surface area contributed by atoms with Crippen molar-refractivity contribution in [3.05, 3.63) is 35.9 Å². The van der Waals surface area contributed by atoms with Gasteiger partial charge < -0.3 is 4.90 Å². The Balaban J connectivity index is 4.76. The summed E-state index contributed by atoms with van der Waals surface area (Å²) in [7, 11) is 4.03. The summed E-state index contributed by atoms with van der Waals surface area (Å²) in [4.78, 5) is 2.06. The van der Waals surface area contributed by atoms with Gasteiger partial charge in [-0.15, -0.1) is 11.8 Å². The van der Waals surface area contributed by atoms with E-state index in [2.05, 4.69) is 18.1 Å². The van der Waals surface area contributed by atoms with E-state index in [-0.39, 0.29) is 0 Å². The molecular weight excluding hydrogens is 154 g/mol. The minimum atomic E-state index is 1.09. The highest BCUT2D eigenvalue weighted by Crippen LogP contribution is 2.19. The van der Waals surface area contributed by atoms with Crippen molar-refractivity contribution in [1.82, 2.24) is 4.90 Å². The zero-order valence-electron chi connectivity index (χ0n) is 7.42. The minimum absolute atomic E-state index is 1.09. The summed E-state index contributed by atoms with van der Waals surface area (Å²) in [6.07, 6.45) is 5.68. The number of rotatable bonds is 4. The van der Waals surface area contributed by atoms with Crippen LogP contribution in [0.15, 0.2) is 35.9 Å². The van der Waals surface area contributed by atoms with Gasteiger partial charge >= 0.3 is 0 Å². The molecule has 0 aliphatic heterocycles. The van der Waals surface area contributed by atoms with Crippen molar-refractivity contribution in [2.45, 2.75) is 0 Å². The summed E-state index contributed by atoms with van der Waals surface area (Å²) < 4.78 is 0. The number of hydrogen-bond acceptors (Lipinski definition) is 2. The molecule has 62 valence electrons. The second-order valence-electron chi connectivity index (χ2n) is 2.27. The molecule has 0 N–H and O–H groups in total. The van der Waals surface area contributed by atoms with Gasteiger partial charge in [0.2, 0.25) is 0 Å². The predicted octanol–water partition coefficient (Wildman–Crippen LogP) is 2.49. The van der Waals surface area contributed by atoms with Gasteiger partial charge in [0.25, 0.3) is 0 Å². The predicted molar refractivity (Wildman–Crippen MR) is 54.6 cm³/mol. The molecule has 0 unspecified atom stereocenters. The molecule has 0 aromatic rings. The molecule has 0 bridgehead atoms. The Morgan fingerprint density at radius 1 is 1.27 bits per heavy atom. The maximum atomic E-state index is 3.71. The van der Waals surface area contributed by atoms with Crippen LogP contribution in [0.5, 0.6) is 0 Å². The molecule has 0 spiro atoms. The molecule has 0 aromatic heterocycles. The van der Waals surface area contributed by atoms with Gasteiger partial charge in [0.05, 0.1) is 5.03 Å². The van der Waals surface area contributed by atoms with Crippen molar-refractivity contribution in [2.75, 3.05) is 20.4 Å². The first kappa shape index (κ1) is 10.4. The van der Waals surface area contributed by atoms with Crippen LogP contribution in [0.4, 0.5) is 0 Å². The second kappa shape index (κ2) is 5.08. The van der Waals surface area contributed by atoms with Gasteiger partial charge in [-0.2, -0.15) is 0 Å². The zero-order valence-corrected chi connectivity index (χ0v) is 8.24. The quantitative estimate of drug-likeness (QED) is 0.595. The van der Waals surface area contributed by atoms with Crippen molar-refractivity contribution < 1.29 is 0 Å². The molecule has 0 heterocycles. The molecule has 2 heteroatoms. The fourth-order valence-electron chi connectivity index (χ4n) is 0.817. The third-order valence-electron chi connectivity index (χ3n) is 1.29. The Bertz CT molecular complexity index is 170. The van der Waals surface area contributed by atoms with Crippen LogP contribution in [0, 0.1) is 0 Å². The maximum absolute atomic E-state index is 3.71.